The first kappa shape index (κ1) is 34.0. The van der Waals surface area contributed by atoms with Crippen molar-refractivity contribution >= 4 is 0 Å². The fraction of sp³-hybridized carbons (Fsp3) is 1.00. The molecule has 0 radical (unpaired) electrons. The number of hydrogen-bond acceptors (Lipinski definition) is 3. The molecule has 0 aromatic carbocycles. The second-order valence-electron chi connectivity index (χ2n) is 9.83. The molecule has 0 aliphatic carbocycles. The van der Waals surface area contributed by atoms with Crippen LogP contribution in [-0.2, 0) is 4.74 Å². The van der Waals surface area contributed by atoms with Gasteiger partial charge >= 0.3 is 0 Å². The van der Waals surface area contributed by atoms with Gasteiger partial charge in [-0.05, 0) is 33.4 Å². The van der Waals surface area contributed by atoms with E-state index in [-0.39, 0.29) is 6.23 Å². The number of aliphatic hydroxyl groups is 1. The van der Waals surface area contributed by atoms with Crippen LogP contribution in [0.2, 0.25) is 0 Å². The van der Waals surface area contributed by atoms with Crippen LogP contribution in [0.3, 0.4) is 0 Å². The highest BCUT2D eigenvalue weighted by Crippen LogP contribution is 2.12. The second kappa shape index (κ2) is 30.9. The first-order chi connectivity index (χ1) is 15.6. The molecule has 0 heterocycles. The Labute approximate surface area is 204 Å². The van der Waals surface area contributed by atoms with Crippen LogP contribution in [0.25, 0.3) is 0 Å². The Morgan fingerprint density at radius 1 is 0.500 bits per heavy atom. The minimum atomic E-state index is -0.264. The third kappa shape index (κ3) is 32.1. The zero-order valence-corrected chi connectivity index (χ0v) is 23.1. The molecule has 1 atom stereocenters. The van der Waals surface area contributed by atoms with Crippen LogP contribution in [0, 0.1) is 0 Å². The summed E-state index contributed by atoms with van der Waals surface area (Å²) in [7, 11) is 3.71. The predicted molar refractivity (Wildman–Crippen MR) is 144 cm³/mol. The topological polar surface area (TPSA) is 32.7 Å². The minimum Gasteiger partial charge on any atom is -0.381 e. The molecule has 1 unspecified atom stereocenters. The third-order valence-electron chi connectivity index (χ3n) is 6.25. The van der Waals surface area contributed by atoms with Gasteiger partial charge in [-0.25, -0.2) is 0 Å². The molecule has 1 N–H and O–H groups in total. The molecule has 0 aromatic heterocycles. The van der Waals surface area contributed by atoms with Crippen molar-refractivity contribution in [3.63, 3.8) is 0 Å². The largest absolute Gasteiger partial charge is 0.381 e. The van der Waals surface area contributed by atoms with Gasteiger partial charge in [0.15, 0.2) is 0 Å². The Kier molecular flexibility index (Phi) is 32.9. The first-order valence-corrected chi connectivity index (χ1v) is 14.5. The Morgan fingerprint density at radius 2 is 0.781 bits per heavy atom. The normalized spacial score (nSPS) is 12.1. The van der Waals surface area contributed by atoms with Crippen LogP contribution in [0.4, 0.5) is 0 Å². The number of aliphatic hydroxyl groups excluding tert-OH is 1. The van der Waals surface area contributed by atoms with Gasteiger partial charge in [0.2, 0.25) is 0 Å². The molecule has 32 heavy (non-hydrogen) atoms. The van der Waals surface area contributed by atoms with E-state index in [0.717, 1.165) is 19.6 Å². The molecule has 3 nitrogen and oxygen atoms in total. The average Bonchev–Trinajstić information content (AvgIpc) is 2.80. The van der Waals surface area contributed by atoms with Crippen molar-refractivity contribution < 1.29 is 9.84 Å². The van der Waals surface area contributed by atoms with E-state index in [4.69, 9.17) is 9.84 Å². The van der Waals surface area contributed by atoms with E-state index in [1.807, 2.05) is 21.0 Å². The quantitative estimate of drug-likeness (QED) is 0.116. The maximum atomic E-state index is 8.86. The van der Waals surface area contributed by atoms with Crippen molar-refractivity contribution in [2.24, 2.45) is 0 Å². The monoisotopic (exact) mass is 457 g/mol. The number of rotatable bonds is 24. The molecule has 0 fully saturated rings. The van der Waals surface area contributed by atoms with Crippen LogP contribution in [-0.4, -0.2) is 43.5 Å². The van der Waals surface area contributed by atoms with Crippen LogP contribution >= 0.6 is 0 Å². The molecule has 0 rings (SSSR count). The first-order valence-electron chi connectivity index (χ1n) is 14.5. The van der Waals surface area contributed by atoms with Crippen LogP contribution in [0.1, 0.15) is 156 Å². The SMILES string of the molecule is CCC(O)N(C)C.CCCCCCCCCCCCOCCCCCCCCCCCC. The summed E-state index contributed by atoms with van der Waals surface area (Å²) in [4.78, 5) is 1.78. The molecule has 0 saturated carbocycles. The maximum Gasteiger partial charge on any atom is 0.106 e. The van der Waals surface area contributed by atoms with Gasteiger partial charge in [0.05, 0.1) is 0 Å². The number of nitrogens with zero attached hydrogens (tertiary/aromatic N) is 1. The smallest absolute Gasteiger partial charge is 0.106 e. The van der Waals surface area contributed by atoms with Crippen molar-refractivity contribution in [1.82, 2.24) is 4.90 Å². The Bertz CT molecular complexity index is 288. The standard InChI is InChI=1S/C24H50O.C5H13NO/c1-3-5-7-9-11-13-15-17-19-21-23-25-24-22-20-18-16-14-12-10-8-6-4-2;1-4-5(7)6(2)3/h3-24H2,1-2H3;5,7H,4H2,1-3H3. The highest BCUT2D eigenvalue weighted by molar-refractivity contribution is 4.49. The van der Waals surface area contributed by atoms with Crippen LogP contribution < -0.4 is 0 Å². The highest BCUT2D eigenvalue weighted by Gasteiger charge is 1.99. The van der Waals surface area contributed by atoms with Gasteiger partial charge in [-0.1, -0.05) is 136 Å². The average molecular weight is 458 g/mol. The summed E-state index contributed by atoms with van der Waals surface area (Å²) >= 11 is 0. The molecular weight excluding hydrogens is 394 g/mol. The van der Waals surface area contributed by atoms with Gasteiger partial charge < -0.3 is 9.84 Å². The van der Waals surface area contributed by atoms with Gasteiger partial charge in [0, 0.05) is 13.2 Å². The summed E-state index contributed by atoms with van der Waals surface area (Å²) in [5.41, 5.74) is 0. The van der Waals surface area contributed by atoms with Gasteiger partial charge in [0.1, 0.15) is 6.23 Å². The molecule has 0 aliphatic rings. The lowest BCUT2D eigenvalue weighted by atomic mass is 10.1. The molecule has 0 bridgehead atoms. The van der Waals surface area contributed by atoms with E-state index in [2.05, 4.69) is 13.8 Å². The lowest BCUT2D eigenvalue weighted by Gasteiger charge is -2.15. The number of ether oxygens (including phenoxy) is 1. The zero-order chi connectivity index (χ0) is 24.1. The van der Waals surface area contributed by atoms with Gasteiger partial charge in [-0.15, -0.1) is 0 Å². The number of hydrogen-bond donors (Lipinski definition) is 1. The summed E-state index contributed by atoms with van der Waals surface area (Å²) in [5.74, 6) is 0. The summed E-state index contributed by atoms with van der Waals surface area (Å²) < 4.78 is 5.78. The van der Waals surface area contributed by atoms with E-state index in [0.29, 0.717) is 0 Å². The summed E-state index contributed by atoms with van der Waals surface area (Å²) in [5, 5.41) is 8.86. The maximum absolute atomic E-state index is 8.86. The van der Waals surface area contributed by atoms with E-state index in [9.17, 15) is 0 Å². The number of unbranched alkanes of at least 4 members (excludes halogenated alkanes) is 18. The lowest BCUT2D eigenvalue weighted by molar-refractivity contribution is 0.0377. The van der Waals surface area contributed by atoms with Crippen molar-refractivity contribution in [2.45, 2.75) is 162 Å². The summed E-state index contributed by atoms with van der Waals surface area (Å²) in [6.07, 6.45) is 28.7. The van der Waals surface area contributed by atoms with Gasteiger partial charge in [0.25, 0.3) is 0 Å². The Hall–Kier alpha value is -0.120. The third-order valence-corrected chi connectivity index (χ3v) is 6.25. The van der Waals surface area contributed by atoms with Gasteiger partial charge in [-0.3, -0.25) is 4.90 Å². The minimum absolute atomic E-state index is 0.264. The fourth-order valence-electron chi connectivity index (χ4n) is 3.85. The predicted octanol–water partition coefficient (Wildman–Crippen LogP) is 9.12. The fourth-order valence-corrected chi connectivity index (χ4v) is 3.85. The Balaban J connectivity index is 0. The van der Waals surface area contributed by atoms with Gasteiger partial charge in [-0.2, -0.15) is 0 Å². The van der Waals surface area contributed by atoms with E-state index in [1.54, 1.807) is 4.90 Å². The highest BCUT2D eigenvalue weighted by atomic mass is 16.5. The van der Waals surface area contributed by atoms with Crippen molar-refractivity contribution in [1.29, 1.82) is 0 Å². The molecule has 0 aromatic rings. The molecule has 196 valence electrons. The summed E-state index contributed by atoms with van der Waals surface area (Å²) in [6.45, 7) is 8.52. The van der Waals surface area contributed by atoms with Crippen molar-refractivity contribution in [3.05, 3.63) is 0 Å². The van der Waals surface area contributed by atoms with Crippen molar-refractivity contribution in [3.8, 4) is 0 Å². The molecule has 0 saturated heterocycles. The Morgan fingerprint density at radius 3 is 1.00 bits per heavy atom. The summed E-state index contributed by atoms with van der Waals surface area (Å²) in [6, 6.07) is 0. The molecule has 0 spiro atoms. The lowest BCUT2D eigenvalue weighted by Crippen LogP contribution is -2.26. The van der Waals surface area contributed by atoms with E-state index < -0.39 is 0 Å². The van der Waals surface area contributed by atoms with E-state index >= 15 is 0 Å². The van der Waals surface area contributed by atoms with E-state index in [1.165, 1.54) is 128 Å². The zero-order valence-electron chi connectivity index (χ0n) is 23.1. The molecular formula is C29H63NO2. The van der Waals surface area contributed by atoms with Crippen LogP contribution in [0.5, 0.6) is 0 Å². The second-order valence-corrected chi connectivity index (χ2v) is 9.83. The van der Waals surface area contributed by atoms with Crippen LogP contribution in [0.15, 0.2) is 0 Å². The molecule has 0 aliphatic heterocycles. The molecule has 0 amide bonds. The van der Waals surface area contributed by atoms with Crippen molar-refractivity contribution in [2.75, 3.05) is 27.3 Å². The molecule has 3 heteroatoms.